The predicted molar refractivity (Wildman–Crippen MR) is 120 cm³/mol. The largest absolute Gasteiger partial charge is 0.356 e. The van der Waals surface area contributed by atoms with Crippen LogP contribution in [0.25, 0.3) is 0 Å². The number of nitrogens with zero attached hydrogens (tertiary/aromatic N) is 5. The maximum atomic E-state index is 12.8. The molecule has 1 fully saturated rings. The summed E-state index contributed by atoms with van der Waals surface area (Å²) in [5.74, 6) is 2.08. The number of likely N-dealkylation sites (N-methyl/N-ethyl adjacent to an activating group) is 1. The van der Waals surface area contributed by atoms with Crippen molar-refractivity contribution in [3.8, 4) is 0 Å². The van der Waals surface area contributed by atoms with Gasteiger partial charge in [-0.05, 0) is 58.7 Å². The van der Waals surface area contributed by atoms with Crippen LogP contribution in [0.3, 0.4) is 0 Å². The van der Waals surface area contributed by atoms with Crippen LogP contribution in [0, 0.1) is 6.92 Å². The van der Waals surface area contributed by atoms with E-state index in [0.29, 0.717) is 6.54 Å². The van der Waals surface area contributed by atoms with Crippen LogP contribution in [-0.4, -0.2) is 65.9 Å². The molecule has 6 heteroatoms. The Morgan fingerprint density at radius 3 is 2.70 bits per heavy atom. The fourth-order valence-corrected chi connectivity index (χ4v) is 4.68. The van der Waals surface area contributed by atoms with Crippen molar-refractivity contribution in [3.05, 3.63) is 53.0 Å². The molecule has 1 atom stereocenters. The first-order valence-corrected chi connectivity index (χ1v) is 11.1. The van der Waals surface area contributed by atoms with Gasteiger partial charge in [-0.2, -0.15) is 0 Å². The summed E-state index contributed by atoms with van der Waals surface area (Å²) in [6, 6.07) is 10.6. The Morgan fingerprint density at radius 2 is 1.93 bits per heavy atom. The van der Waals surface area contributed by atoms with Gasteiger partial charge in [-0.3, -0.25) is 4.79 Å². The molecule has 3 heterocycles. The Kier molecular flexibility index (Phi) is 6.32. The van der Waals surface area contributed by atoms with Crippen LogP contribution in [0.2, 0.25) is 0 Å². The van der Waals surface area contributed by atoms with Gasteiger partial charge >= 0.3 is 0 Å². The van der Waals surface area contributed by atoms with Crippen LogP contribution < -0.4 is 4.90 Å². The number of fused-ring (bicyclic) bond motifs is 1. The summed E-state index contributed by atoms with van der Waals surface area (Å²) in [5.41, 5.74) is 3.71. The number of aryl methyl sites for hydroxylation is 1. The second-order valence-electron chi connectivity index (χ2n) is 8.78. The van der Waals surface area contributed by atoms with Gasteiger partial charge in [0.05, 0.1) is 12.6 Å². The lowest BCUT2D eigenvalue weighted by Gasteiger charge is -2.32. The van der Waals surface area contributed by atoms with Gasteiger partial charge in [0.15, 0.2) is 5.82 Å². The number of hydrogen-bond donors (Lipinski definition) is 0. The van der Waals surface area contributed by atoms with Crippen molar-refractivity contribution in [3.63, 3.8) is 0 Å². The van der Waals surface area contributed by atoms with Gasteiger partial charge in [0.25, 0.3) is 0 Å². The molecule has 0 radical (unpaired) electrons. The van der Waals surface area contributed by atoms with E-state index in [-0.39, 0.29) is 11.9 Å². The maximum Gasteiger partial charge on any atom is 0.237 e. The predicted octanol–water partition coefficient (Wildman–Crippen LogP) is 3.01. The fourth-order valence-electron chi connectivity index (χ4n) is 4.68. The van der Waals surface area contributed by atoms with Crippen molar-refractivity contribution in [2.45, 2.75) is 45.1 Å². The van der Waals surface area contributed by atoms with Crippen LogP contribution in [0.1, 0.15) is 47.9 Å². The summed E-state index contributed by atoms with van der Waals surface area (Å²) in [5, 5.41) is 0. The number of carbonyl (C=O) groups excluding carboxylic acids is 1. The first kappa shape index (κ1) is 20.8. The zero-order chi connectivity index (χ0) is 21.1. The molecule has 1 aromatic carbocycles. The number of carbonyl (C=O) groups is 1. The number of anilines is 1. The molecule has 0 aliphatic carbocycles. The molecule has 0 N–H and O–H groups in total. The first-order chi connectivity index (χ1) is 14.5. The third kappa shape index (κ3) is 4.48. The minimum absolute atomic E-state index is 0.000602. The average molecular weight is 408 g/mol. The van der Waals surface area contributed by atoms with Crippen LogP contribution in [0.15, 0.2) is 30.3 Å². The van der Waals surface area contributed by atoms with E-state index in [0.717, 1.165) is 69.1 Å². The number of benzene rings is 1. The van der Waals surface area contributed by atoms with E-state index in [4.69, 9.17) is 9.97 Å². The van der Waals surface area contributed by atoms with Gasteiger partial charge in [0.1, 0.15) is 5.82 Å². The van der Waals surface area contributed by atoms with Crippen LogP contribution in [0.5, 0.6) is 0 Å². The van der Waals surface area contributed by atoms with Gasteiger partial charge < -0.3 is 14.7 Å². The molecule has 30 heavy (non-hydrogen) atoms. The SMILES string of the molecule is Cc1nc(C2CCCN2C(=O)CN(C)C)nc2c1CCCN2CCc1ccccc1. The third-order valence-electron chi connectivity index (χ3n) is 6.20. The molecule has 1 saturated heterocycles. The average Bonchev–Trinajstić information content (AvgIpc) is 3.23. The minimum Gasteiger partial charge on any atom is -0.356 e. The summed E-state index contributed by atoms with van der Waals surface area (Å²) in [6.45, 7) is 5.33. The molecular weight excluding hydrogens is 374 g/mol. The molecule has 1 unspecified atom stereocenters. The highest BCUT2D eigenvalue weighted by Crippen LogP contribution is 2.34. The van der Waals surface area contributed by atoms with Gasteiger partial charge in [-0.15, -0.1) is 0 Å². The molecule has 6 nitrogen and oxygen atoms in total. The van der Waals surface area contributed by atoms with Crippen molar-refractivity contribution >= 4 is 11.7 Å². The van der Waals surface area contributed by atoms with Crippen molar-refractivity contribution in [2.75, 3.05) is 45.2 Å². The Labute approximate surface area is 179 Å². The quantitative estimate of drug-likeness (QED) is 0.737. The number of hydrogen-bond acceptors (Lipinski definition) is 5. The second-order valence-corrected chi connectivity index (χ2v) is 8.78. The summed E-state index contributed by atoms with van der Waals surface area (Å²) < 4.78 is 0. The lowest BCUT2D eigenvalue weighted by molar-refractivity contribution is -0.132. The van der Waals surface area contributed by atoms with Gasteiger partial charge in [-0.25, -0.2) is 9.97 Å². The fraction of sp³-hybridized carbons (Fsp3) is 0.542. The first-order valence-electron chi connectivity index (χ1n) is 11.1. The second kappa shape index (κ2) is 9.13. The van der Waals surface area contributed by atoms with Crippen LogP contribution >= 0.6 is 0 Å². The smallest absolute Gasteiger partial charge is 0.237 e. The molecule has 4 rings (SSSR count). The van der Waals surface area contributed by atoms with Gasteiger partial charge in [0.2, 0.25) is 5.91 Å². The molecule has 0 saturated carbocycles. The third-order valence-corrected chi connectivity index (χ3v) is 6.20. The minimum atomic E-state index is -0.000602. The molecular formula is C24H33N5O. The standard InChI is InChI=1S/C24H33N5O/c1-18-20-11-7-14-28(16-13-19-9-5-4-6-10-19)24(20)26-23(25-18)21-12-8-15-29(21)22(30)17-27(2)3/h4-6,9-10,21H,7-8,11-17H2,1-3H3. The lowest BCUT2D eigenvalue weighted by Crippen LogP contribution is -2.38. The van der Waals surface area contributed by atoms with Crippen molar-refractivity contribution < 1.29 is 4.79 Å². The van der Waals surface area contributed by atoms with Crippen molar-refractivity contribution in [2.24, 2.45) is 0 Å². The van der Waals surface area contributed by atoms with E-state index in [2.05, 4.69) is 42.2 Å². The van der Waals surface area contributed by atoms with Crippen molar-refractivity contribution in [1.29, 1.82) is 0 Å². The normalized spacial score (nSPS) is 18.7. The van der Waals surface area contributed by atoms with E-state index in [9.17, 15) is 4.79 Å². The van der Waals surface area contributed by atoms with Gasteiger partial charge in [-0.1, -0.05) is 30.3 Å². The summed E-state index contributed by atoms with van der Waals surface area (Å²) in [7, 11) is 3.88. The number of likely N-dealkylation sites (tertiary alicyclic amines) is 1. The molecule has 0 bridgehead atoms. The van der Waals surface area contributed by atoms with E-state index in [1.165, 1.54) is 11.1 Å². The molecule has 160 valence electrons. The highest BCUT2D eigenvalue weighted by Gasteiger charge is 2.33. The summed E-state index contributed by atoms with van der Waals surface area (Å²) >= 11 is 0. The Hall–Kier alpha value is -2.47. The van der Waals surface area contributed by atoms with E-state index in [1.807, 2.05) is 23.9 Å². The van der Waals surface area contributed by atoms with Crippen LogP contribution in [0.4, 0.5) is 5.82 Å². The highest BCUT2D eigenvalue weighted by molar-refractivity contribution is 5.79. The van der Waals surface area contributed by atoms with Crippen LogP contribution in [-0.2, 0) is 17.6 Å². The molecule has 2 aliphatic heterocycles. The Bertz CT molecular complexity index is 883. The molecule has 2 aromatic rings. The highest BCUT2D eigenvalue weighted by atomic mass is 16.2. The lowest BCUT2D eigenvalue weighted by atomic mass is 10.0. The van der Waals surface area contributed by atoms with Gasteiger partial charge in [0, 0.05) is 30.9 Å². The summed E-state index contributed by atoms with van der Waals surface area (Å²) in [6.07, 6.45) is 5.15. The van der Waals surface area contributed by atoms with E-state index < -0.39 is 0 Å². The van der Waals surface area contributed by atoms with E-state index in [1.54, 1.807) is 0 Å². The molecule has 1 aromatic heterocycles. The zero-order valence-electron chi connectivity index (χ0n) is 18.5. The molecule has 1 amide bonds. The summed E-state index contributed by atoms with van der Waals surface area (Å²) in [4.78, 5) is 29.1. The number of rotatable bonds is 6. The number of aromatic nitrogens is 2. The Morgan fingerprint density at radius 1 is 1.13 bits per heavy atom. The van der Waals surface area contributed by atoms with Crippen molar-refractivity contribution in [1.82, 2.24) is 19.8 Å². The molecule has 0 spiro atoms. The van der Waals surface area contributed by atoms with E-state index >= 15 is 0 Å². The molecule has 2 aliphatic rings. The monoisotopic (exact) mass is 407 g/mol. The topological polar surface area (TPSA) is 52.6 Å². The Balaban J connectivity index is 1.57. The zero-order valence-corrected chi connectivity index (χ0v) is 18.5. The maximum absolute atomic E-state index is 12.8. The number of amides is 1.